The normalized spacial score (nSPS) is 24.4. The van der Waals surface area contributed by atoms with Gasteiger partial charge in [-0.15, -0.1) is 0 Å². The van der Waals surface area contributed by atoms with E-state index < -0.39 is 36.2 Å². The van der Waals surface area contributed by atoms with Crippen molar-refractivity contribution in [3.63, 3.8) is 0 Å². The highest BCUT2D eigenvalue weighted by Gasteiger charge is 2.50. The smallest absolute Gasteiger partial charge is 0.255 e. The molecule has 0 spiro atoms. The highest BCUT2D eigenvalue weighted by molar-refractivity contribution is 6.74. The van der Waals surface area contributed by atoms with Crippen molar-refractivity contribution >= 4 is 42.7 Å². The lowest BCUT2D eigenvalue weighted by Crippen LogP contribution is -2.61. The lowest BCUT2D eigenvalue weighted by molar-refractivity contribution is -0.184. The van der Waals surface area contributed by atoms with E-state index in [0.717, 1.165) is 59.6 Å². The second-order valence-corrected chi connectivity index (χ2v) is 49.8. The van der Waals surface area contributed by atoms with Crippen LogP contribution in [0.15, 0.2) is 72.8 Å². The summed E-state index contributed by atoms with van der Waals surface area (Å²) in [6.07, 6.45) is 22.9. The number of carbonyl (C=O) groups excluding carboxylic acids is 3. The summed E-state index contributed by atoms with van der Waals surface area (Å²) in [5.74, 6) is 4.55. The van der Waals surface area contributed by atoms with Crippen LogP contribution >= 0.6 is 0 Å². The molecule has 3 aromatic rings. The lowest BCUT2D eigenvalue weighted by atomic mass is 9.81. The maximum absolute atomic E-state index is 13.9. The highest BCUT2D eigenvalue weighted by atomic mass is 28.4. The van der Waals surface area contributed by atoms with Gasteiger partial charge in [0, 0.05) is 39.5 Å². The number of amides is 3. The third-order valence-electron chi connectivity index (χ3n) is 24.9. The van der Waals surface area contributed by atoms with Crippen molar-refractivity contribution in [2.75, 3.05) is 61.0 Å². The Balaban J connectivity index is 0.000000213. The third-order valence-corrected chi connectivity index (χ3v) is 38.5. The van der Waals surface area contributed by atoms with E-state index in [9.17, 15) is 14.4 Å². The molecular weight excluding hydrogens is 1320 g/mol. The highest BCUT2D eigenvalue weighted by Crippen LogP contribution is 2.43. The van der Waals surface area contributed by atoms with Gasteiger partial charge in [0.05, 0.1) is 59.3 Å². The third kappa shape index (κ3) is 23.4. The minimum atomic E-state index is -1.79. The first kappa shape index (κ1) is 84.1. The van der Waals surface area contributed by atoms with E-state index in [0.29, 0.717) is 89.9 Å². The van der Waals surface area contributed by atoms with Crippen LogP contribution in [-0.2, 0) is 61.5 Å². The fraction of sp³-hybridized carbons (Fsp3) is 0.747. The van der Waals surface area contributed by atoms with Crippen LogP contribution < -0.4 is 14.2 Å². The Labute approximate surface area is 616 Å². The van der Waals surface area contributed by atoms with Crippen molar-refractivity contribution in [2.24, 2.45) is 17.8 Å². The minimum absolute atomic E-state index is 0.137. The van der Waals surface area contributed by atoms with Gasteiger partial charge in [0.2, 0.25) is 0 Å². The number of nitrogens with zero attached hydrogens (tertiary/aromatic N) is 3. The molecular formula is C83H139N3O12Si3. The predicted molar refractivity (Wildman–Crippen MR) is 417 cm³/mol. The monoisotopic (exact) mass is 1450 g/mol. The molecule has 6 aliphatic rings. The van der Waals surface area contributed by atoms with Crippen molar-refractivity contribution in [1.29, 1.82) is 0 Å². The molecule has 15 nitrogen and oxygen atoms in total. The Hall–Kier alpha value is -4.12. The molecule has 0 N–H and O–H groups in total. The second kappa shape index (κ2) is 37.4. The Morgan fingerprint density at radius 3 is 1.00 bits per heavy atom. The molecule has 3 amide bonds. The van der Waals surface area contributed by atoms with Crippen LogP contribution in [0, 0.1) is 17.8 Å². The van der Waals surface area contributed by atoms with E-state index in [2.05, 4.69) is 153 Å². The fourth-order valence-electron chi connectivity index (χ4n) is 14.8. The summed E-state index contributed by atoms with van der Waals surface area (Å²) in [6.45, 7) is 43.9. The SMILES string of the molecule is COc1ccc(CN2C(=O)C(CCCO[Si](C)(C)C(C)(C)C)OCC2C2CCCCC2)cc1.COc1ccc(CN2C(=O)[C@@](C)(CCCO[Si](C)(C)C(C)(C)C)OCC2C2CCCCC2)cc1.COc1ccc(CN2C(=O)[C@](C)(CCCO[Si](C)(C)C(C)(C)C)OCC2C2CCCCC2)cc1. The second-order valence-electron chi connectivity index (χ2n) is 35.4. The molecule has 3 aliphatic carbocycles. The molecule has 101 heavy (non-hydrogen) atoms. The molecule has 0 aromatic heterocycles. The topological polar surface area (TPSA) is 144 Å². The van der Waals surface area contributed by atoms with E-state index in [-0.39, 0.29) is 57.1 Å². The van der Waals surface area contributed by atoms with E-state index in [1.807, 2.05) is 50.2 Å². The molecule has 3 aromatic carbocycles. The van der Waals surface area contributed by atoms with E-state index >= 15 is 0 Å². The van der Waals surface area contributed by atoms with Crippen LogP contribution in [0.4, 0.5) is 0 Å². The number of methoxy groups -OCH3 is 3. The molecule has 3 saturated carbocycles. The van der Waals surface area contributed by atoms with E-state index in [4.69, 9.17) is 41.7 Å². The van der Waals surface area contributed by atoms with E-state index in [1.54, 1.807) is 21.3 Å². The summed E-state index contributed by atoms with van der Waals surface area (Å²) >= 11 is 0. The Morgan fingerprint density at radius 1 is 0.416 bits per heavy atom. The number of rotatable bonds is 27. The summed E-state index contributed by atoms with van der Waals surface area (Å²) in [5, 5.41) is 0.583. The van der Waals surface area contributed by atoms with Crippen LogP contribution in [0.5, 0.6) is 17.2 Å². The number of benzene rings is 3. The average Bonchev–Trinajstić information content (AvgIpc) is 0.776. The van der Waals surface area contributed by atoms with Crippen LogP contribution in [0.2, 0.25) is 54.4 Å². The maximum atomic E-state index is 13.9. The van der Waals surface area contributed by atoms with Gasteiger partial charge in [-0.1, -0.05) is 156 Å². The van der Waals surface area contributed by atoms with Gasteiger partial charge in [-0.2, -0.15) is 0 Å². The summed E-state index contributed by atoms with van der Waals surface area (Å²) in [5.41, 5.74) is 1.86. The maximum Gasteiger partial charge on any atom is 0.255 e. The largest absolute Gasteiger partial charge is 0.497 e. The Morgan fingerprint density at radius 2 is 0.703 bits per heavy atom. The van der Waals surface area contributed by atoms with Crippen molar-refractivity contribution in [3.05, 3.63) is 89.5 Å². The summed E-state index contributed by atoms with van der Waals surface area (Å²) < 4.78 is 54.0. The first-order valence-corrected chi connectivity index (χ1v) is 47.9. The molecule has 6 fully saturated rings. The van der Waals surface area contributed by atoms with Gasteiger partial charge in [-0.25, -0.2) is 0 Å². The van der Waals surface area contributed by atoms with Gasteiger partial charge in [-0.3, -0.25) is 14.4 Å². The average molecular weight is 1460 g/mol. The number of morpholine rings is 3. The molecule has 6 atom stereocenters. The molecule has 570 valence electrons. The number of hydrogen-bond donors (Lipinski definition) is 0. The first-order chi connectivity index (χ1) is 47.6. The van der Waals surface area contributed by atoms with Gasteiger partial charge >= 0.3 is 0 Å². The molecule has 3 saturated heterocycles. The number of hydrogen-bond acceptors (Lipinski definition) is 12. The van der Waals surface area contributed by atoms with Crippen molar-refractivity contribution in [1.82, 2.24) is 14.7 Å². The van der Waals surface area contributed by atoms with E-state index in [1.165, 1.54) is 96.3 Å². The molecule has 0 radical (unpaired) electrons. The lowest BCUT2D eigenvalue weighted by Gasteiger charge is -2.48. The number of ether oxygens (including phenoxy) is 6. The summed E-state index contributed by atoms with van der Waals surface area (Å²) in [6, 6.07) is 24.8. The minimum Gasteiger partial charge on any atom is -0.497 e. The molecule has 3 aliphatic heterocycles. The van der Waals surface area contributed by atoms with Crippen LogP contribution in [0.25, 0.3) is 0 Å². The quantitative estimate of drug-likeness (QED) is 0.0529. The zero-order chi connectivity index (χ0) is 74.0. The van der Waals surface area contributed by atoms with Crippen LogP contribution in [0.1, 0.15) is 228 Å². The Bertz CT molecular complexity index is 2850. The Kier molecular flexibility index (Phi) is 31.2. The zero-order valence-electron chi connectivity index (χ0n) is 66.9. The van der Waals surface area contributed by atoms with Crippen molar-refractivity contribution in [2.45, 2.75) is 320 Å². The van der Waals surface area contributed by atoms with Gasteiger partial charge in [0.15, 0.2) is 25.0 Å². The first-order valence-electron chi connectivity index (χ1n) is 39.2. The predicted octanol–water partition coefficient (Wildman–Crippen LogP) is 19.3. The standard InChI is InChI=1S/2C28H47NO4Si.C27H45NO4Si/c2*1-27(2,3)34(6,7)33-19-11-18-28(4)26(30)29(20-22-14-16-24(31-5)17-15-22)25(21-32-28)23-12-9-8-10-13-23;1-27(2,3)33(5,6)32-18-10-13-25-26(29)28(19-21-14-16-23(30-4)17-15-21)24(20-31-25)22-11-8-7-9-12-22/h2*14-17,23,25H,8-13,18-21H2,1-7H3;14-17,22,24-25H,7-13,18-20H2,1-6H3/t2*25?,28-;/m10./s1. The van der Waals surface area contributed by atoms with Crippen LogP contribution in [-0.4, -0.2) is 154 Å². The van der Waals surface area contributed by atoms with Crippen molar-refractivity contribution < 1.29 is 56.1 Å². The molecule has 0 bridgehead atoms. The number of carbonyl (C=O) groups is 3. The summed E-state index contributed by atoms with van der Waals surface area (Å²) in [7, 11) is -0.291. The van der Waals surface area contributed by atoms with Gasteiger partial charge in [-0.05, 0) is 216 Å². The molecule has 9 rings (SSSR count). The fourth-order valence-corrected chi connectivity index (χ4v) is 18.1. The zero-order valence-corrected chi connectivity index (χ0v) is 69.9. The van der Waals surface area contributed by atoms with Gasteiger partial charge < -0.3 is 56.4 Å². The van der Waals surface area contributed by atoms with Crippen LogP contribution in [0.3, 0.4) is 0 Å². The van der Waals surface area contributed by atoms with Crippen molar-refractivity contribution in [3.8, 4) is 17.2 Å². The van der Waals surface area contributed by atoms with Gasteiger partial charge in [0.1, 0.15) is 34.6 Å². The molecule has 18 heteroatoms. The molecule has 4 unspecified atom stereocenters. The molecule has 3 heterocycles. The van der Waals surface area contributed by atoms with Gasteiger partial charge in [0.25, 0.3) is 17.7 Å². The summed E-state index contributed by atoms with van der Waals surface area (Å²) in [4.78, 5) is 47.8.